The Hall–Kier alpha value is -3.75. The Bertz CT molecular complexity index is 1240. The van der Waals surface area contributed by atoms with Crippen molar-refractivity contribution in [2.45, 2.75) is 33.0 Å². The average molecular weight is 451 g/mol. The number of furan rings is 1. The van der Waals surface area contributed by atoms with Crippen LogP contribution in [0.25, 0.3) is 22.1 Å². The summed E-state index contributed by atoms with van der Waals surface area (Å²) < 4.78 is 26.7. The summed E-state index contributed by atoms with van der Waals surface area (Å²) in [5.41, 5.74) is 16.3. The van der Waals surface area contributed by atoms with Crippen LogP contribution >= 0.6 is 0 Å². The first-order valence-electron chi connectivity index (χ1n) is 10.4. The van der Waals surface area contributed by atoms with E-state index < -0.39 is 5.82 Å². The van der Waals surface area contributed by atoms with E-state index in [-0.39, 0.29) is 18.7 Å². The van der Waals surface area contributed by atoms with Gasteiger partial charge >= 0.3 is 0 Å². The average Bonchev–Trinajstić information content (AvgIpc) is 3.31. The van der Waals surface area contributed by atoms with Crippen molar-refractivity contribution in [3.05, 3.63) is 83.1 Å². The van der Waals surface area contributed by atoms with Crippen molar-refractivity contribution in [3.8, 4) is 16.9 Å². The monoisotopic (exact) mass is 451 g/mol. The first-order valence-corrected chi connectivity index (χ1v) is 10.4. The normalized spacial score (nSPS) is 10.5. The summed E-state index contributed by atoms with van der Waals surface area (Å²) in [4.78, 5) is 12.4. The zero-order valence-corrected chi connectivity index (χ0v) is 18.3. The molecule has 0 radical (unpaired) electrons. The fraction of sp³-hybridized carbons (Fsp3) is 0.200. The molecule has 0 aliphatic heterocycles. The Balaban J connectivity index is 0.000000968. The molecule has 0 saturated carbocycles. The molecule has 2 aromatic heterocycles. The smallest absolute Gasteiger partial charge is 0.290 e. The highest BCUT2D eigenvalue weighted by Crippen LogP contribution is 2.34. The van der Waals surface area contributed by atoms with Crippen LogP contribution in [0, 0.1) is 5.82 Å². The van der Waals surface area contributed by atoms with Gasteiger partial charge in [-0.25, -0.2) is 4.39 Å². The number of pyridine rings is 1. The van der Waals surface area contributed by atoms with E-state index in [1.165, 1.54) is 0 Å². The number of aryl methyl sites for hydroxylation is 1. The van der Waals surface area contributed by atoms with Crippen LogP contribution in [0.4, 0.5) is 4.39 Å². The van der Waals surface area contributed by atoms with E-state index in [1.807, 2.05) is 36.4 Å². The van der Waals surface area contributed by atoms with Crippen LogP contribution in [-0.2, 0) is 30.9 Å². The van der Waals surface area contributed by atoms with E-state index in [4.69, 9.17) is 30.5 Å². The van der Waals surface area contributed by atoms with Gasteiger partial charge in [-0.15, -0.1) is 0 Å². The molecule has 0 aliphatic rings. The van der Waals surface area contributed by atoms with Gasteiger partial charge in [0.2, 0.25) is 0 Å². The number of hydrogen-bond acceptors (Lipinski definition) is 6. The summed E-state index contributed by atoms with van der Waals surface area (Å²) in [5, 5.41) is 7.77. The number of carbonyl (C=O) groups is 1. The van der Waals surface area contributed by atoms with Crippen molar-refractivity contribution in [2.24, 2.45) is 11.5 Å². The van der Waals surface area contributed by atoms with Gasteiger partial charge in [-0.3, -0.25) is 9.78 Å². The summed E-state index contributed by atoms with van der Waals surface area (Å²) in [6.45, 7) is 2.66. The van der Waals surface area contributed by atoms with Crippen LogP contribution in [0.5, 0.6) is 5.75 Å². The number of benzene rings is 2. The number of rotatable bonds is 7. The molecule has 0 unspecified atom stereocenters. The number of carboxylic acid groups (broad SMARTS) is 1. The van der Waals surface area contributed by atoms with Gasteiger partial charge in [0.25, 0.3) is 6.47 Å². The second kappa shape index (κ2) is 11.2. The first-order chi connectivity index (χ1) is 16.1. The number of ether oxygens (including phenoxy) is 1. The Morgan fingerprint density at radius 1 is 1.09 bits per heavy atom. The predicted octanol–water partition coefficient (Wildman–Crippen LogP) is 4.39. The third-order valence-corrected chi connectivity index (χ3v) is 5.20. The van der Waals surface area contributed by atoms with E-state index in [0.717, 1.165) is 34.2 Å². The van der Waals surface area contributed by atoms with Crippen molar-refractivity contribution in [1.29, 1.82) is 0 Å². The minimum atomic E-state index is -0.431. The van der Waals surface area contributed by atoms with E-state index in [1.54, 1.807) is 18.5 Å². The zero-order chi connectivity index (χ0) is 23.8. The second-order valence-corrected chi connectivity index (χ2v) is 7.20. The number of fused-ring (bicyclic) bond motifs is 1. The highest BCUT2D eigenvalue weighted by Gasteiger charge is 2.16. The molecule has 2 aromatic carbocycles. The lowest BCUT2D eigenvalue weighted by molar-refractivity contribution is -0.122. The van der Waals surface area contributed by atoms with Gasteiger partial charge < -0.3 is 25.7 Å². The molecule has 0 bridgehead atoms. The minimum absolute atomic E-state index is 0.0288. The van der Waals surface area contributed by atoms with Gasteiger partial charge in [0, 0.05) is 35.8 Å². The lowest BCUT2D eigenvalue weighted by atomic mass is 10.00. The Kier molecular flexibility index (Phi) is 8.12. The fourth-order valence-corrected chi connectivity index (χ4v) is 3.58. The van der Waals surface area contributed by atoms with Crippen LogP contribution in [0.1, 0.15) is 29.3 Å². The zero-order valence-electron chi connectivity index (χ0n) is 18.3. The second-order valence-electron chi connectivity index (χ2n) is 7.20. The van der Waals surface area contributed by atoms with Crippen molar-refractivity contribution in [2.75, 3.05) is 0 Å². The largest absolute Gasteiger partial charge is 0.489 e. The minimum Gasteiger partial charge on any atom is -0.489 e. The molecule has 0 aliphatic carbocycles. The highest BCUT2D eigenvalue weighted by molar-refractivity contribution is 5.93. The Morgan fingerprint density at radius 2 is 1.88 bits per heavy atom. The third kappa shape index (κ3) is 5.36. The molecule has 2 heterocycles. The molecule has 0 atom stereocenters. The molecule has 4 rings (SSSR count). The summed E-state index contributed by atoms with van der Waals surface area (Å²) in [5.74, 6) is 0.384. The molecule has 0 spiro atoms. The molecule has 4 aromatic rings. The Labute approximate surface area is 190 Å². The van der Waals surface area contributed by atoms with E-state index in [2.05, 4.69) is 11.9 Å². The molecule has 8 heteroatoms. The molecule has 33 heavy (non-hydrogen) atoms. The molecule has 0 saturated heterocycles. The molecule has 7 nitrogen and oxygen atoms in total. The Morgan fingerprint density at radius 3 is 2.58 bits per heavy atom. The summed E-state index contributed by atoms with van der Waals surface area (Å²) in [6, 6.07) is 13.4. The van der Waals surface area contributed by atoms with E-state index in [9.17, 15) is 4.39 Å². The number of nitrogens with two attached hydrogens (primary N) is 2. The molecular formula is C25H26FN3O4. The molecule has 0 amide bonds. The van der Waals surface area contributed by atoms with Gasteiger partial charge in [0.05, 0.1) is 12.0 Å². The van der Waals surface area contributed by atoms with E-state index >= 15 is 0 Å². The number of hydrogen-bond donors (Lipinski definition) is 3. The maximum Gasteiger partial charge on any atom is 0.290 e. The van der Waals surface area contributed by atoms with E-state index in [0.29, 0.717) is 29.9 Å². The predicted molar refractivity (Wildman–Crippen MR) is 124 cm³/mol. The fourth-order valence-electron chi connectivity index (χ4n) is 3.58. The van der Waals surface area contributed by atoms with Gasteiger partial charge in [-0.1, -0.05) is 19.1 Å². The summed E-state index contributed by atoms with van der Waals surface area (Å²) in [7, 11) is 0. The lowest BCUT2D eigenvalue weighted by Gasteiger charge is -2.14. The number of aromatic nitrogens is 1. The maximum absolute atomic E-state index is 14.9. The third-order valence-electron chi connectivity index (χ3n) is 5.20. The topological polar surface area (TPSA) is 125 Å². The number of nitrogens with zero attached hydrogens (tertiary/aromatic N) is 1. The summed E-state index contributed by atoms with van der Waals surface area (Å²) >= 11 is 0. The van der Waals surface area contributed by atoms with Crippen molar-refractivity contribution in [1.82, 2.24) is 4.98 Å². The van der Waals surface area contributed by atoms with Crippen molar-refractivity contribution in [3.63, 3.8) is 0 Å². The molecule has 0 fully saturated rings. The van der Waals surface area contributed by atoms with Gasteiger partial charge in [0.1, 0.15) is 17.9 Å². The van der Waals surface area contributed by atoms with Crippen LogP contribution in [-0.4, -0.2) is 16.6 Å². The SMILES string of the molecule is CCc1ccc(CN)cc1OCc1cc(-c2ccnc(CN)c2F)c2occc2c1.O=CO. The summed E-state index contributed by atoms with van der Waals surface area (Å²) in [6.07, 6.45) is 4.02. The van der Waals surface area contributed by atoms with Crippen LogP contribution in [0.15, 0.2) is 59.3 Å². The van der Waals surface area contributed by atoms with Gasteiger partial charge in [0.15, 0.2) is 5.82 Å². The van der Waals surface area contributed by atoms with Gasteiger partial charge in [-0.2, -0.15) is 0 Å². The maximum atomic E-state index is 14.9. The van der Waals surface area contributed by atoms with Crippen LogP contribution < -0.4 is 16.2 Å². The molecule has 5 N–H and O–H groups in total. The van der Waals surface area contributed by atoms with Crippen LogP contribution in [0.3, 0.4) is 0 Å². The highest BCUT2D eigenvalue weighted by atomic mass is 19.1. The molecular weight excluding hydrogens is 425 g/mol. The van der Waals surface area contributed by atoms with Crippen molar-refractivity contribution >= 4 is 17.4 Å². The first kappa shape index (κ1) is 23.9. The number of halogens is 1. The quantitative estimate of drug-likeness (QED) is 0.356. The molecule has 172 valence electrons. The standard InChI is InChI=1S/C24H24FN3O2.CH2O2/c1-2-17-4-3-15(12-26)11-22(17)30-14-16-9-18-6-8-29-24(18)20(10-16)19-5-7-28-21(13-27)23(19)25;2-1-3/h3-11H,2,12-14,26-27H2,1H3;1H,(H,2,3). The van der Waals surface area contributed by atoms with Gasteiger partial charge in [-0.05, 0) is 53.4 Å². The van der Waals surface area contributed by atoms with Crippen molar-refractivity contribution < 1.29 is 23.4 Å². The van der Waals surface area contributed by atoms with Crippen LogP contribution in [0.2, 0.25) is 0 Å². The lowest BCUT2D eigenvalue weighted by Crippen LogP contribution is -2.04.